The quantitative estimate of drug-likeness (QED) is 0.575. The summed E-state index contributed by atoms with van der Waals surface area (Å²) in [6.45, 7) is 1.43. The Bertz CT molecular complexity index is 391. The Labute approximate surface area is 84.7 Å². The summed E-state index contributed by atoms with van der Waals surface area (Å²) < 4.78 is 43.4. The van der Waals surface area contributed by atoms with Crippen molar-refractivity contribution in [1.82, 2.24) is 0 Å². The van der Waals surface area contributed by atoms with Crippen LogP contribution in [0.3, 0.4) is 0 Å². The number of carbonyl (C=O) groups is 1. The van der Waals surface area contributed by atoms with Crippen molar-refractivity contribution >= 4 is 6.29 Å². The van der Waals surface area contributed by atoms with Crippen molar-refractivity contribution < 1.29 is 22.7 Å². The predicted molar refractivity (Wildman–Crippen MR) is 47.3 cm³/mol. The van der Waals surface area contributed by atoms with Crippen molar-refractivity contribution in [3.05, 3.63) is 29.1 Å². The third-order valence-corrected chi connectivity index (χ3v) is 2.04. The van der Waals surface area contributed by atoms with Crippen molar-refractivity contribution in [2.75, 3.05) is 7.11 Å². The maximum atomic E-state index is 13.2. The van der Waals surface area contributed by atoms with Gasteiger partial charge in [0, 0.05) is 11.5 Å². The van der Waals surface area contributed by atoms with Crippen LogP contribution in [0.4, 0.5) is 13.2 Å². The van der Waals surface area contributed by atoms with Crippen LogP contribution in [0.2, 0.25) is 0 Å². The van der Waals surface area contributed by atoms with Gasteiger partial charge in [-0.2, -0.15) is 4.39 Å². The molecule has 0 heterocycles. The maximum absolute atomic E-state index is 13.2. The van der Waals surface area contributed by atoms with Gasteiger partial charge in [0.2, 0.25) is 5.82 Å². The van der Waals surface area contributed by atoms with Crippen molar-refractivity contribution in [3.63, 3.8) is 0 Å². The molecule has 0 aliphatic carbocycles. The summed E-state index contributed by atoms with van der Waals surface area (Å²) in [5.41, 5.74) is -0.0103. The van der Waals surface area contributed by atoms with Crippen LogP contribution in [0.1, 0.15) is 18.4 Å². The number of aldehydes is 1. The van der Waals surface area contributed by atoms with Crippen LogP contribution in [0.25, 0.3) is 0 Å². The molecule has 0 fully saturated rings. The molecule has 15 heavy (non-hydrogen) atoms. The first-order valence-electron chi connectivity index (χ1n) is 4.19. The number of ether oxygens (including phenoxy) is 1. The van der Waals surface area contributed by atoms with E-state index in [1.165, 1.54) is 6.92 Å². The van der Waals surface area contributed by atoms with E-state index in [9.17, 15) is 18.0 Å². The molecule has 0 saturated carbocycles. The summed E-state index contributed by atoms with van der Waals surface area (Å²) in [7, 11) is 1.12. The van der Waals surface area contributed by atoms with Crippen LogP contribution in [0.5, 0.6) is 5.75 Å². The molecule has 0 aromatic heterocycles. The SMILES string of the molecule is COc1c(C(C)C=O)cc(F)c(F)c1F. The molecule has 0 radical (unpaired) electrons. The average Bonchev–Trinajstić information content (AvgIpc) is 2.24. The van der Waals surface area contributed by atoms with Crippen molar-refractivity contribution in [1.29, 1.82) is 0 Å². The first-order chi connectivity index (χ1) is 7.02. The maximum Gasteiger partial charge on any atom is 0.203 e. The molecule has 1 unspecified atom stereocenters. The number of methoxy groups -OCH3 is 1. The molecule has 1 aromatic carbocycles. The van der Waals surface area contributed by atoms with Gasteiger partial charge < -0.3 is 9.53 Å². The second-order valence-corrected chi connectivity index (χ2v) is 3.03. The van der Waals surface area contributed by atoms with Crippen LogP contribution in [0.15, 0.2) is 6.07 Å². The molecule has 5 heteroatoms. The predicted octanol–water partition coefficient (Wildman–Crippen LogP) is 2.41. The monoisotopic (exact) mass is 218 g/mol. The summed E-state index contributed by atoms with van der Waals surface area (Å²) in [5, 5.41) is 0. The van der Waals surface area contributed by atoms with Crippen molar-refractivity contribution in [2.24, 2.45) is 0 Å². The van der Waals surface area contributed by atoms with Gasteiger partial charge in [-0.15, -0.1) is 0 Å². The Balaban J connectivity index is 3.44. The van der Waals surface area contributed by atoms with E-state index in [-0.39, 0.29) is 5.56 Å². The highest BCUT2D eigenvalue weighted by Crippen LogP contribution is 2.31. The van der Waals surface area contributed by atoms with E-state index in [1.54, 1.807) is 0 Å². The fourth-order valence-corrected chi connectivity index (χ4v) is 1.22. The minimum Gasteiger partial charge on any atom is -0.493 e. The number of hydrogen-bond acceptors (Lipinski definition) is 2. The van der Waals surface area contributed by atoms with Crippen LogP contribution in [-0.2, 0) is 4.79 Å². The zero-order chi connectivity index (χ0) is 11.6. The smallest absolute Gasteiger partial charge is 0.203 e. The fourth-order valence-electron chi connectivity index (χ4n) is 1.22. The summed E-state index contributed by atoms with van der Waals surface area (Å²) in [6, 6.07) is 0.760. The fraction of sp³-hybridized carbons (Fsp3) is 0.300. The number of carbonyl (C=O) groups excluding carboxylic acids is 1. The molecule has 0 spiro atoms. The zero-order valence-corrected chi connectivity index (χ0v) is 8.18. The Morgan fingerprint density at radius 3 is 2.40 bits per heavy atom. The molecule has 0 aliphatic rings. The van der Waals surface area contributed by atoms with E-state index >= 15 is 0 Å². The van der Waals surface area contributed by atoms with Gasteiger partial charge in [0.25, 0.3) is 0 Å². The highest BCUT2D eigenvalue weighted by atomic mass is 19.2. The first-order valence-corrected chi connectivity index (χ1v) is 4.19. The topological polar surface area (TPSA) is 26.3 Å². The summed E-state index contributed by atoms with van der Waals surface area (Å²) >= 11 is 0. The lowest BCUT2D eigenvalue weighted by Crippen LogP contribution is -2.05. The lowest BCUT2D eigenvalue weighted by Gasteiger charge is -2.12. The molecule has 0 saturated heterocycles. The van der Waals surface area contributed by atoms with Gasteiger partial charge in [0.05, 0.1) is 7.11 Å². The second-order valence-electron chi connectivity index (χ2n) is 3.03. The van der Waals surface area contributed by atoms with E-state index in [2.05, 4.69) is 4.74 Å². The normalized spacial score (nSPS) is 12.3. The summed E-state index contributed by atoms with van der Waals surface area (Å²) in [4.78, 5) is 10.5. The molecule has 0 N–H and O–H groups in total. The van der Waals surface area contributed by atoms with E-state index in [1.807, 2.05) is 0 Å². The lowest BCUT2D eigenvalue weighted by atomic mass is 10.0. The van der Waals surface area contributed by atoms with Crippen LogP contribution in [0, 0.1) is 17.5 Å². The highest BCUT2D eigenvalue weighted by Gasteiger charge is 2.22. The van der Waals surface area contributed by atoms with Crippen molar-refractivity contribution in [2.45, 2.75) is 12.8 Å². The van der Waals surface area contributed by atoms with Gasteiger partial charge >= 0.3 is 0 Å². The molecule has 2 nitrogen and oxygen atoms in total. The van der Waals surface area contributed by atoms with Gasteiger partial charge in [-0.1, -0.05) is 6.92 Å². The molecule has 0 bridgehead atoms. The third kappa shape index (κ3) is 1.95. The van der Waals surface area contributed by atoms with Gasteiger partial charge in [-0.25, -0.2) is 8.78 Å². The minimum absolute atomic E-state index is 0.0103. The van der Waals surface area contributed by atoms with E-state index < -0.39 is 29.1 Å². The van der Waals surface area contributed by atoms with Crippen LogP contribution < -0.4 is 4.74 Å². The average molecular weight is 218 g/mol. The Morgan fingerprint density at radius 1 is 1.33 bits per heavy atom. The molecule has 1 atom stereocenters. The highest BCUT2D eigenvalue weighted by molar-refractivity contribution is 5.64. The molecule has 0 aliphatic heterocycles. The Hall–Kier alpha value is -1.52. The van der Waals surface area contributed by atoms with Gasteiger partial charge in [-0.05, 0) is 6.07 Å². The third-order valence-electron chi connectivity index (χ3n) is 2.04. The number of halogens is 3. The lowest BCUT2D eigenvalue weighted by molar-refractivity contribution is -0.108. The Morgan fingerprint density at radius 2 is 1.93 bits per heavy atom. The molecule has 1 aromatic rings. The molecule has 0 amide bonds. The van der Waals surface area contributed by atoms with E-state index in [4.69, 9.17) is 0 Å². The summed E-state index contributed by atoms with van der Waals surface area (Å²) in [5.74, 6) is -5.55. The summed E-state index contributed by atoms with van der Waals surface area (Å²) in [6.07, 6.45) is 0.495. The Kier molecular flexibility index (Phi) is 3.34. The van der Waals surface area contributed by atoms with Gasteiger partial charge in [0.15, 0.2) is 17.4 Å². The van der Waals surface area contributed by atoms with Gasteiger partial charge in [-0.3, -0.25) is 0 Å². The number of benzene rings is 1. The van der Waals surface area contributed by atoms with Crippen molar-refractivity contribution in [3.8, 4) is 5.75 Å². The van der Waals surface area contributed by atoms with Gasteiger partial charge in [0.1, 0.15) is 6.29 Å². The minimum atomic E-state index is -1.60. The zero-order valence-electron chi connectivity index (χ0n) is 8.18. The largest absolute Gasteiger partial charge is 0.493 e. The molecular formula is C10H9F3O2. The van der Waals surface area contributed by atoms with Crippen LogP contribution >= 0.6 is 0 Å². The number of rotatable bonds is 3. The second kappa shape index (κ2) is 4.33. The standard InChI is InChI=1S/C10H9F3O2/c1-5(4-14)6-3-7(11)8(12)9(13)10(6)15-2/h3-5H,1-2H3. The molecule has 1 rings (SSSR count). The first kappa shape index (κ1) is 11.6. The molecular weight excluding hydrogens is 209 g/mol. The van der Waals surface area contributed by atoms with E-state index in [0.717, 1.165) is 13.2 Å². The number of hydrogen-bond donors (Lipinski definition) is 0. The van der Waals surface area contributed by atoms with E-state index in [0.29, 0.717) is 6.29 Å². The molecule has 82 valence electrons. The van der Waals surface area contributed by atoms with Crippen LogP contribution in [-0.4, -0.2) is 13.4 Å².